The molecule has 0 unspecified atom stereocenters. The summed E-state index contributed by atoms with van der Waals surface area (Å²) in [4.78, 5) is 16.5. The van der Waals surface area contributed by atoms with Crippen LogP contribution in [0.3, 0.4) is 0 Å². The second-order valence-electron chi connectivity index (χ2n) is 6.48. The fourth-order valence-electron chi connectivity index (χ4n) is 2.81. The van der Waals surface area contributed by atoms with Crippen molar-refractivity contribution in [1.82, 2.24) is 0 Å². The molecule has 1 heterocycles. The largest absolute Gasteiger partial charge is 0.497 e. The first-order valence-corrected chi connectivity index (χ1v) is 10.6. The Hall–Kier alpha value is -3.91. The van der Waals surface area contributed by atoms with Crippen LogP contribution in [0.25, 0.3) is 6.08 Å². The first kappa shape index (κ1) is 20.4. The van der Waals surface area contributed by atoms with Crippen LogP contribution in [0.5, 0.6) is 11.5 Å². The number of rotatable bonds is 6. The summed E-state index contributed by atoms with van der Waals surface area (Å²) in [6.45, 7) is 0. The zero-order valence-corrected chi connectivity index (χ0v) is 17.2. The van der Waals surface area contributed by atoms with Gasteiger partial charge in [0.15, 0.2) is 5.70 Å². The summed E-state index contributed by atoms with van der Waals surface area (Å²) in [6, 6.07) is 21.1. The Morgan fingerprint density at radius 2 is 1.52 bits per heavy atom. The molecular weight excluding hydrogens is 418 g/mol. The van der Waals surface area contributed by atoms with Gasteiger partial charge in [0.1, 0.15) is 16.4 Å². The van der Waals surface area contributed by atoms with Crippen LogP contribution in [-0.2, 0) is 19.6 Å². The van der Waals surface area contributed by atoms with Gasteiger partial charge in [-0.25, -0.2) is 9.79 Å². The highest BCUT2D eigenvalue weighted by atomic mass is 32.2. The predicted molar refractivity (Wildman–Crippen MR) is 114 cm³/mol. The monoisotopic (exact) mass is 435 g/mol. The molecule has 0 fully saturated rings. The van der Waals surface area contributed by atoms with E-state index in [0.717, 1.165) is 0 Å². The van der Waals surface area contributed by atoms with Crippen LogP contribution >= 0.6 is 0 Å². The maximum absolute atomic E-state index is 12.3. The van der Waals surface area contributed by atoms with Crippen molar-refractivity contribution in [3.05, 3.63) is 95.7 Å². The van der Waals surface area contributed by atoms with Crippen molar-refractivity contribution in [3.63, 3.8) is 0 Å². The van der Waals surface area contributed by atoms with Gasteiger partial charge in [0.2, 0.25) is 5.90 Å². The molecule has 1 aliphatic rings. The lowest BCUT2D eigenvalue weighted by molar-refractivity contribution is -0.129. The van der Waals surface area contributed by atoms with Crippen molar-refractivity contribution in [3.8, 4) is 11.5 Å². The lowest BCUT2D eigenvalue weighted by Gasteiger charge is -2.07. The van der Waals surface area contributed by atoms with Crippen molar-refractivity contribution < 1.29 is 26.9 Å². The van der Waals surface area contributed by atoms with E-state index in [1.54, 1.807) is 67.8 Å². The maximum Gasteiger partial charge on any atom is 0.363 e. The normalized spacial score (nSPS) is 14.8. The van der Waals surface area contributed by atoms with E-state index >= 15 is 0 Å². The van der Waals surface area contributed by atoms with E-state index in [0.29, 0.717) is 16.9 Å². The highest BCUT2D eigenvalue weighted by molar-refractivity contribution is 7.87. The predicted octanol–water partition coefficient (Wildman–Crippen LogP) is 3.81. The Kier molecular flexibility index (Phi) is 5.55. The van der Waals surface area contributed by atoms with E-state index in [9.17, 15) is 13.2 Å². The van der Waals surface area contributed by atoms with E-state index in [1.807, 2.05) is 0 Å². The van der Waals surface area contributed by atoms with Crippen LogP contribution in [0.1, 0.15) is 11.1 Å². The van der Waals surface area contributed by atoms with Crippen molar-refractivity contribution in [2.75, 3.05) is 7.11 Å². The SMILES string of the molecule is COc1ccc(C2=N/C(=C\c3ccc(OS(=O)(=O)c4ccccc4)cc3)C(=O)O2)cc1. The molecule has 0 saturated carbocycles. The minimum absolute atomic E-state index is 0.0651. The van der Waals surface area contributed by atoms with Gasteiger partial charge in [-0.15, -0.1) is 0 Å². The first-order chi connectivity index (χ1) is 14.9. The van der Waals surface area contributed by atoms with Crippen LogP contribution in [0.15, 0.2) is 94.4 Å². The van der Waals surface area contributed by atoms with E-state index < -0.39 is 16.1 Å². The third-order valence-corrected chi connectivity index (χ3v) is 5.64. The number of nitrogens with zero attached hydrogens (tertiary/aromatic N) is 1. The van der Waals surface area contributed by atoms with Gasteiger partial charge in [0, 0.05) is 5.56 Å². The Labute approximate surface area is 179 Å². The molecular formula is C23H17NO6S. The zero-order chi connectivity index (χ0) is 21.8. The van der Waals surface area contributed by atoms with Crippen molar-refractivity contribution in [2.24, 2.45) is 4.99 Å². The molecule has 0 aromatic heterocycles. The summed E-state index contributed by atoms with van der Waals surface area (Å²) >= 11 is 0. The summed E-state index contributed by atoms with van der Waals surface area (Å²) in [7, 11) is -2.35. The van der Waals surface area contributed by atoms with Crippen molar-refractivity contribution >= 4 is 28.1 Å². The van der Waals surface area contributed by atoms with Crippen LogP contribution in [0.2, 0.25) is 0 Å². The molecule has 0 aliphatic carbocycles. The van der Waals surface area contributed by atoms with E-state index in [-0.39, 0.29) is 22.2 Å². The van der Waals surface area contributed by atoms with E-state index in [4.69, 9.17) is 13.7 Å². The number of methoxy groups -OCH3 is 1. The Bertz CT molecular complexity index is 1260. The molecule has 4 rings (SSSR count). The maximum atomic E-state index is 12.3. The standard InChI is InChI=1S/C23H17NO6S/c1-28-18-13-9-17(10-14-18)22-24-21(23(25)29-22)15-16-7-11-19(12-8-16)30-31(26,27)20-5-3-2-4-6-20/h2-15H,1H3/b21-15-. The molecule has 3 aromatic carbocycles. The van der Waals surface area contributed by atoms with Crippen LogP contribution < -0.4 is 8.92 Å². The van der Waals surface area contributed by atoms with E-state index in [1.165, 1.54) is 24.3 Å². The van der Waals surface area contributed by atoms with Crippen LogP contribution in [0, 0.1) is 0 Å². The van der Waals surface area contributed by atoms with Gasteiger partial charge in [-0.05, 0) is 60.2 Å². The highest BCUT2D eigenvalue weighted by Gasteiger charge is 2.24. The Morgan fingerprint density at radius 3 is 2.16 bits per heavy atom. The molecule has 0 radical (unpaired) electrons. The number of cyclic esters (lactones) is 1. The van der Waals surface area contributed by atoms with Crippen molar-refractivity contribution in [1.29, 1.82) is 0 Å². The van der Waals surface area contributed by atoms with Gasteiger partial charge in [-0.2, -0.15) is 8.42 Å². The van der Waals surface area contributed by atoms with E-state index in [2.05, 4.69) is 4.99 Å². The number of ether oxygens (including phenoxy) is 2. The molecule has 0 spiro atoms. The number of carbonyl (C=O) groups excluding carboxylic acids is 1. The first-order valence-electron chi connectivity index (χ1n) is 9.21. The topological polar surface area (TPSA) is 91.3 Å². The van der Waals surface area contributed by atoms with Crippen LogP contribution in [-0.4, -0.2) is 27.4 Å². The molecule has 31 heavy (non-hydrogen) atoms. The van der Waals surface area contributed by atoms with Gasteiger partial charge in [0.25, 0.3) is 0 Å². The molecule has 3 aromatic rings. The molecule has 156 valence electrons. The van der Waals surface area contributed by atoms with Crippen LogP contribution in [0.4, 0.5) is 0 Å². The summed E-state index contributed by atoms with van der Waals surface area (Å²) < 4.78 is 40.1. The number of carbonyl (C=O) groups is 1. The molecule has 0 bridgehead atoms. The minimum atomic E-state index is -3.92. The zero-order valence-electron chi connectivity index (χ0n) is 16.4. The third-order valence-electron chi connectivity index (χ3n) is 4.38. The Balaban J connectivity index is 1.51. The number of hydrogen-bond acceptors (Lipinski definition) is 7. The molecule has 1 aliphatic heterocycles. The average Bonchev–Trinajstić information content (AvgIpc) is 3.16. The molecule has 0 amide bonds. The highest BCUT2D eigenvalue weighted by Crippen LogP contribution is 2.23. The Morgan fingerprint density at radius 1 is 0.871 bits per heavy atom. The quantitative estimate of drug-likeness (QED) is 0.332. The van der Waals surface area contributed by atoms with Crippen molar-refractivity contribution in [2.45, 2.75) is 4.90 Å². The summed E-state index contributed by atoms with van der Waals surface area (Å²) in [5, 5.41) is 0. The number of benzene rings is 3. The second-order valence-corrected chi connectivity index (χ2v) is 8.03. The molecule has 8 heteroatoms. The summed E-state index contributed by atoms with van der Waals surface area (Å²) in [6.07, 6.45) is 1.55. The number of hydrogen-bond donors (Lipinski definition) is 0. The minimum Gasteiger partial charge on any atom is -0.497 e. The summed E-state index contributed by atoms with van der Waals surface area (Å²) in [5.74, 6) is 0.467. The van der Waals surface area contributed by atoms with Gasteiger partial charge in [0.05, 0.1) is 7.11 Å². The van der Waals surface area contributed by atoms with Gasteiger partial charge >= 0.3 is 16.1 Å². The third kappa shape index (κ3) is 4.65. The smallest absolute Gasteiger partial charge is 0.363 e. The fraction of sp³-hybridized carbons (Fsp3) is 0.0435. The molecule has 0 saturated heterocycles. The molecule has 0 N–H and O–H groups in total. The fourth-order valence-corrected chi connectivity index (χ4v) is 3.76. The second kappa shape index (κ2) is 8.45. The summed E-state index contributed by atoms with van der Waals surface area (Å²) in [5.41, 5.74) is 1.42. The van der Waals surface area contributed by atoms with Gasteiger partial charge in [-0.1, -0.05) is 30.3 Å². The lowest BCUT2D eigenvalue weighted by atomic mass is 10.2. The lowest BCUT2D eigenvalue weighted by Crippen LogP contribution is -2.09. The molecule has 7 nitrogen and oxygen atoms in total. The molecule has 0 atom stereocenters. The van der Waals surface area contributed by atoms with Gasteiger partial charge < -0.3 is 13.7 Å². The average molecular weight is 435 g/mol. The number of aliphatic imine (C=N–C) groups is 1. The van der Waals surface area contributed by atoms with Gasteiger partial charge in [-0.3, -0.25) is 0 Å². The number of esters is 1.